The molecule has 3 rings (SSSR count). The van der Waals surface area contributed by atoms with E-state index in [-0.39, 0.29) is 25.7 Å². The summed E-state index contributed by atoms with van der Waals surface area (Å²) in [6.07, 6.45) is -1.33. The minimum absolute atomic E-state index is 0.0432. The van der Waals surface area contributed by atoms with Crippen LogP contribution in [0, 0.1) is 5.92 Å². The number of hydrogen-bond donors (Lipinski definition) is 0. The zero-order valence-corrected chi connectivity index (χ0v) is 19.9. The lowest BCUT2D eigenvalue weighted by Gasteiger charge is -2.27. The molecule has 0 radical (unpaired) electrons. The Hall–Kier alpha value is -3.55. The molecule has 2 aromatic rings. The molecule has 1 atom stereocenters. The van der Waals surface area contributed by atoms with Gasteiger partial charge >= 0.3 is 18.3 Å². The van der Waals surface area contributed by atoms with Gasteiger partial charge in [-0.1, -0.05) is 60.7 Å². The van der Waals surface area contributed by atoms with E-state index in [0.29, 0.717) is 19.5 Å². The third kappa shape index (κ3) is 7.79. The zero-order valence-electron chi connectivity index (χ0n) is 19.9. The van der Waals surface area contributed by atoms with Gasteiger partial charge in [0.05, 0.1) is 0 Å². The highest BCUT2D eigenvalue weighted by molar-refractivity contribution is 5.88. The maximum absolute atomic E-state index is 12.8. The Morgan fingerprint density at radius 3 is 2.00 bits per heavy atom. The SMILES string of the molecule is CC(C)(C)OC(=O)N(CC1CCN(C(=O)OCc2ccccc2)C1)C(=O)OCc1ccccc1. The van der Waals surface area contributed by atoms with E-state index in [9.17, 15) is 14.4 Å². The molecule has 0 aromatic heterocycles. The summed E-state index contributed by atoms with van der Waals surface area (Å²) < 4.78 is 16.2. The fourth-order valence-electron chi connectivity index (χ4n) is 3.55. The summed E-state index contributed by atoms with van der Waals surface area (Å²) in [5.41, 5.74) is 0.954. The second kappa shape index (κ2) is 11.5. The summed E-state index contributed by atoms with van der Waals surface area (Å²) in [7, 11) is 0. The van der Waals surface area contributed by atoms with E-state index in [4.69, 9.17) is 14.2 Å². The number of carbonyl (C=O) groups is 3. The van der Waals surface area contributed by atoms with Crippen molar-refractivity contribution < 1.29 is 28.6 Å². The predicted molar refractivity (Wildman–Crippen MR) is 126 cm³/mol. The normalized spacial score (nSPS) is 15.5. The van der Waals surface area contributed by atoms with Gasteiger partial charge in [0.1, 0.15) is 18.8 Å². The van der Waals surface area contributed by atoms with Gasteiger partial charge in [0.2, 0.25) is 0 Å². The van der Waals surface area contributed by atoms with Crippen LogP contribution in [0.5, 0.6) is 0 Å². The number of likely N-dealkylation sites (tertiary alicyclic amines) is 1. The van der Waals surface area contributed by atoms with Crippen molar-refractivity contribution in [1.29, 1.82) is 0 Å². The number of ether oxygens (including phenoxy) is 3. The van der Waals surface area contributed by atoms with Crippen molar-refractivity contribution in [2.45, 2.75) is 46.0 Å². The Kier molecular flexibility index (Phi) is 8.51. The summed E-state index contributed by atoms with van der Waals surface area (Å²) >= 11 is 0. The number of nitrogens with zero attached hydrogens (tertiary/aromatic N) is 2. The molecular weight excluding hydrogens is 436 g/mol. The molecule has 8 nitrogen and oxygen atoms in total. The largest absolute Gasteiger partial charge is 0.445 e. The Morgan fingerprint density at radius 1 is 0.882 bits per heavy atom. The van der Waals surface area contributed by atoms with Gasteiger partial charge in [0.25, 0.3) is 0 Å². The molecule has 1 unspecified atom stereocenters. The summed E-state index contributed by atoms with van der Waals surface area (Å²) in [6.45, 7) is 6.39. The second-order valence-electron chi connectivity index (χ2n) is 9.27. The summed E-state index contributed by atoms with van der Waals surface area (Å²) in [5, 5.41) is 0. The lowest BCUT2D eigenvalue weighted by atomic mass is 10.1. The van der Waals surface area contributed by atoms with E-state index in [0.717, 1.165) is 16.0 Å². The summed E-state index contributed by atoms with van der Waals surface area (Å²) in [5.74, 6) is -0.110. The topological polar surface area (TPSA) is 85.4 Å². The molecule has 0 bridgehead atoms. The molecule has 1 heterocycles. The van der Waals surface area contributed by atoms with Crippen LogP contribution < -0.4 is 0 Å². The van der Waals surface area contributed by atoms with Crippen LogP contribution in [-0.4, -0.2) is 53.3 Å². The molecule has 0 saturated carbocycles. The first-order chi connectivity index (χ1) is 16.2. The number of hydrogen-bond acceptors (Lipinski definition) is 6. The number of carbonyl (C=O) groups excluding carboxylic acids is 3. The van der Waals surface area contributed by atoms with Gasteiger partial charge in [0.15, 0.2) is 0 Å². The van der Waals surface area contributed by atoms with Crippen molar-refractivity contribution in [2.75, 3.05) is 19.6 Å². The number of benzene rings is 2. The molecule has 2 aromatic carbocycles. The lowest BCUT2D eigenvalue weighted by Crippen LogP contribution is -2.44. The molecule has 1 saturated heterocycles. The monoisotopic (exact) mass is 468 g/mol. The van der Waals surface area contributed by atoms with E-state index in [2.05, 4.69) is 0 Å². The fourth-order valence-corrected chi connectivity index (χ4v) is 3.55. The van der Waals surface area contributed by atoms with Crippen molar-refractivity contribution in [2.24, 2.45) is 5.92 Å². The molecule has 3 amide bonds. The van der Waals surface area contributed by atoms with Crippen LogP contribution in [0.25, 0.3) is 0 Å². The maximum atomic E-state index is 12.8. The quantitative estimate of drug-likeness (QED) is 0.541. The minimum atomic E-state index is -0.775. The highest BCUT2D eigenvalue weighted by atomic mass is 16.6. The standard InChI is InChI=1S/C26H32N2O6/c1-26(2,3)34-25(31)28(24(30)33-19-21-12-8-5-9-13-21)17-22-14-15-27(16-22)23(29)32-18-20-10-6-4-7-11-20/h4-13,22H,14-19H2,1-3H3. The first kappa shape index (κ1) is 25.1. The van der Waals surface area contributed by atoms with Crippen LogP contribution in [0.3, 0.4) is 0 Å². The van der Waals surface area contributed by atoms with Crippen LogP contribution in [0.15, 0.2) is 60.7 Å². The molecule has 1 aliphatic heterocycles. The van der Waals surface area contributed by atoms with Crippen LogP contribution in [0.2, 0.25) is 0 Å². The fraction of sp³-hybridized carbons (Fsp3) is 0.423. The number of imide groups is 1. The third-order valence-corrected chi connectivity index (χ3v) is 5.23. The van der Waals surface area contributed by atoms with Gasteiger partial charge < -0.3 is 19.1 Å². The smallest absolute Gasteiger partial charge is 0.419 e. The van der Waals surface area contributed by atoms with Gasteiger partial charge in [-0.25, -0.2) is 19.3 Å². The number of rotatable bonds is 6. The van der Waals surface area contributed by atoms with Crippen LogP contribution in [0.1, 0.15) is 38.3 Å². The predicted octanol–water partition coefficient (Wildman–Crippen LogP) is 5.22. The van der Waals surface area contributed by atoms with Gasteiger partial charge in [-0.15, -0.1) is 0 Å². The zero-order chi connectivity index (χ0) is 24.6. The Morgan fingerprint density at radius 2 is 1.44 bits per heavy atom. The Balaban J connectivity index is 1.57. The lowest BCUT2D eigenvalue weighted by molar-refractivity contribution is 0.0182. The molecular formula is C26H32N2O6. The van der Waals surface area contributed by atoms with E-state index in [1.54, 1.807) is 25.7 Å². The second-order valence-corrected chi connectivity index (χ2v) is 9.27. The van der Waals surface area contributed by atoms with Gasteiger partial charge in [-0.05, 0) is 44.2 Å². The van der Waals surface area contributed by atoms with Crippen molar-refractivity contribution >= 4 is 18.3 Å². The van der Waals surface area contributed by atoms with Crippen molar-refractivity contribution in [3.8, 4) is 0 Å². The highest BCUT2D eigenvalue weighted by Crippen LogP contribution is 2.21. The van der Waals surface area contributed by atoms with Gasteiger partial charge in [0, 0.05) is 19.6 Å². The average molecular weight is 469 g/mol. The molecule has 34 heavy (non-hydrogen) atoms. The molecule has 0 spiro atoms. The van der Waals surface area contributed by atoms with Gasteiger partial charge in [-0.2, -0.15) is 0 Å². The van der Waals surface area contributed by atoms with Crippen molar-refractivity contribution in [1.82, 2.24) is 9.80 Å². The molecule has 0 aliphatic carbocycles. The molecule has 0 N–H and O–H groups in total. The van der Waals surface area contributed by atoms with E-state index < -0.39 is 23.9 Å². The Bertz CT molecular complexity index is 958. The van der Waals surface area contributed by atoms with Crippen LogP contribution in [-0.2, 0) is 27.4 Å². The van der Waals surface area contributed by atoms with Crippen molar-refractivity contribution in [3.63, 3.8) is 0 Å². The molecule has 1 aliphatic rings. The average Bonchev–Trinajstić information content (AvgIpc) is 3.28. The summed E-state index contributed by atoms with van der Waals surface area (Å²) in [6, 6.07) is 18.7. The first-order valence-corrected chi connectivity index (χ1v) is 11.4. The molecule has 1 fully saturated rings. The molecule has 182 valence electrons. The van der Waals surface area contributed by atoms with Crippen LogP contribution in [0.4, 0.5) is 14.4 Å². The first-order valence-electron chi connectivity index (χ1n) is 11.4. The van der Waals surface area contributed by atoms with E-state index in [1.807, 2.05) is 60.7 Å². The third-order valence-electron chi connectivity index (χ3n) is 5.23. The van der Waals surface area contributed by atoms with Crippen LogP contribution >= 0.6 is 0 Å². The molecule has 8 heteroatoms. The van der Waals surface area contributed by atoms with Gasteiger partial charge in [-0.3, -0.25) is 0 Å². The van der Waals surface area contributed by atoms with Crippen molar-refractivity contribution in [3.05, 3.63) is 71.8 Å². The minimum Gasteiger partial charge on any atom is -0.445 e. The maximum Gasteiger partial charge on any atom is 0.419 e. The van der Waals surface area contributed by atoms with E-state index >= 15 is 0 Å². The Labute approximate surface area is 200 Å². The number of amides is 3. The highest BCUT2D eigenvalue weighted by Gasteiger charge is 2.35. The summed E-state index contributed by atoms with van der Waals surface area (Å²) in [4.78, 5) is 40.6. The van der Waals surface area contributed by atoms with E-state index in [1.165, 1.54) is 0 Å².